The third-order valence-electron chi connectivity index (χ3n) is 2.03. The van der Waals surface area contributed by atoms with Crippen LogP contribution in [0.5, 0.6) is 5.75 Å². The molecule has 12 heavy (non-hydrogen) atoms. The van der Waals surface area contributed by atoms with Crippen molar-refractivity contribution in [1.29, 1.82) is 0 Å². The van der Waals surface area contributed by atoms with E-state index in [1.807, 2.05) is 25.2 Å². The van der Waals surface area contributed by atoms with E-state index in [-0.39, 0.29) is 0 Å². The highest BCUT2D eigenvalue weighted by molar-refractivity contribution is 6.32. The Kier molecular flexibility index (Phi) is 1.85. The van der Waals surface area contributed by atoms with Gasteiger partial charge in [-0.1, -0.05) is 17.7 Å². The molecule has 0 aliphatic carbocycles. The molecule has 0 aromatic heterocycles. The molecule has 1 heterocycles. The van der Waals surface area contributed by atoms with Gasteiger partial charge in [-0.05, 0) is 12.1 Å². The van der Waals surface area contributed by atoms with Gasteiger partial charge in [0.25, 0.3) is 0 Å². The first-order chi connectivity index (χ1) is 5.79. The first-order valence-electron chi connectivity index (χ1n) is 3.91. The molecule has 1 aliphatic rings. The van der Waals surface area contributed by atoms with Gasteiger partial charge in [0.15, 0.2) is 5.75 Å². The molecule has 0 bridgehead atoms. The molecular formula is C9H10ClNO. The summed E-state index contributed by atoms with van der Waals surface area (Å²) in [6, 6.07) is 5.80. The SMILES string of the molecule is CN1CCOc2c(Cl)cccc21. The van der Waals surface area contributed by atoms with Crippen molar-refractivity contribution in [2.24, 2.45) is 0 Å². The first-order valence-corrected chi connectivity index (χ1v) is 4.29. The second-order valence-electron chi connectivity index (χ2n) is 2.86. The number of nitrogens with zero attached hydrogens (tertiary/aromatic N) is 1. The van der Waals surface area contributed by atoms with E-state index in [4.69, 9.17) is 16.3 Å². The van der Waals surface area contributed by atoms with Gasteiger partial charge in [0.05, 0.1) is 17.3 Å². The van der Waals surface area contributed by atoms with Crippen LogP contribution in [-0.4, -0.2) is 20.2 Å². The molecule has 64 valence electrons. The summed E-state index contributed by atoms with van der Waals surface area (Å²) in [5.41, 5.74) is 1.08. The Morgan fingerprint density at radius 2 is 2.33 bits per heavy atom. The van der Waals surface area contributed by atoms with Gasteiger partial charge in [-0.3, -0.25) is 0 Å². The molecule has 0 saturated carbocycles. The summed E-state index contributed by atoms with van der Waals surface area (Å²) in [5.74, 6) is 0.813. The van der Waals surface area contributed by atoms with E-state index in [2.05, 4.69) is 4.90 Å². The maximum absolute atomic E-state index is 5.96. The van der Waals surface area contributed by atoms with Crippen LogP contribution in [0.1, 0.15) is 0 Å². The van der Waals surface area contributed by atoms with Crippen molar-refractivity contribution in [3.8, 4) is 5.75 Å². The zero-order valence-corrected chi connectivity index (χ0v) is 7.64. The Hall–Kier alpha value is -0.890. The van der Waals surface area contributed by atoms with Gasteiger partial charge in [0.2, 0.25) is 0 Å². The van der Waals surface area contributed by atoms with Crippen LogP contribution in [-0.2, 0) is 0 Å². The van der Waals surface area contributed by atoms with Crippen molar-refractivity contribution < 1.29 is 4.74 Å². The highest BCUT2D eigenvalue weighted by Gasteiger charge is 2.16. The topological polar surface area (TPSA) is 12.5 Å². The van der Waals surface area contributed by atoms with E-state index in [0.29, 0.717) is 11.6 Å². The number of hydrogen-bond acceptors (Lipinski definition) is 2. The fourth-order valence-electron chi connectivity index (χ4n) is 1.35. The first kappa shape index (κ1) is 7.74. The number of anilines is 1. The number of para-hydroxylation sites is 1. The minimum absolute atomic E-state index is 0.694. The largest absolute Gasteiger partial charge is 0.488 e. The van der Waals surface area contributed by atoms with Crippen LogP contribution >= 0.6 is 11.6 Å². The predicted molar refractivity (Wildman–Crippen MR) is 50.2 cm³/mol. The third kappa shape index (κ3) is 1.12. The van der Waals surface area contributed by atoms with Gasteiger partial charge in [0, 0.05) is 7.05 Å². The van der Waals surface area contributed by atoms with Crippen molar-refractivity contribution >= 4 is 17.3 Å². The summed E-state index contributed by atoms with van der Waals surface area (Å²) in [6.07, 6.45) is 0. The number of rotatable bonds is 0. The molecule has 0 radical (unpaired) electrons. The molecule has 0 spiro atoms. The van der Waals surface area contributed by atoms with Gasteiger partial charge >= 0.3 is 0 Å². The molecule has 2 rings (SSSR count). The van der Waals surface area contributed by atoms with Crippen LogP contribution in [0.2, 0.25) is 5.02 Å². The molecule has 3 heteroatoms. The summed E-state index contributed by atoms with van der Waals surface area (Å²) < 4.78 is 5.45. The lowest BCUT2D eigenvalue weighted by Gasteiger charge is -2.27. The third-order valence-corrected chi connectivity index (χ3v) is 2.33. The monoisotopic (exact) mass is 183 g/mol. The predicted octanol–water partition coefficient (Wildman–Crippen LogP) is 2.17. The van der Waals surface area contributed by atoms with Crippen molar-refractivity contribution in [3.63, 3.8) is 0 Å². The summed E-state index contributed by atoms with van der Waals surface area (Å²) in [6.45, 7) is 1.64. The number of likely N-dealkylation sites (N-methyl/N-ethyl adjacent to an activating group) is 1. The smallest absolute Gasteiger partial charge is 0.161 e. The van der Waals surface area contributed by atoms with Gasteiger partial charge in [-0.15, -0.1) is 0 Å². The molecule has 1 aromatic carbocycles. The van der Waals surface area contributed by atoms with Crippen molar-refractivity contribution in [2.45, 2.75) is 0 Å². The molecule has 1 aliphatic heterocycles. The average Bonchev–Trinajstić information content (AvgIpc) is 2.07. The highest BCUT2D eigenvalue weighted by atomic mass is 35.5. The molecule has 0 saturated heterocycles. The molecule has 0 N–H and O–H groups in total. The summed E-state index contributed by atoms with van der Waals surface area (Å²) in [5, 5.41) is 0.694. The summed E-state index contributed by atoms with van der Waals surface area (Å²) in [4.78, 5) is 2.14. The van der Waals surface area contributed by atoms with E-state index in [1.54, 1.807) is 0 Å². The fraction of sp³-hybridized carbons (Fsp3) is 0.333. The van der Waals surface area contributed by atoms with Crippen LogP contribution in [0.15, 0.2) is 18.2 Å². The van der Waals surface area contributed by atoms with E-state index in [1.165, 1.54) is 0 Å². The van der Waals surface area contributed by atoms with Gasteiger partial charge in [0.1, 0.15) is 6.61 Å². The number of fused-ring (bicyclic) bond motifs is 1. The summed E-state index contributed by atoms with van der Waals surface area (Å²) >= 11 is 5.96. The Morgan fingerprint density at radius 3 is 3.08 bits per heavy atom. The second kappa shape index (κ2) is 2.87. The van der Waals surface area contributed by atoms with Crippen LogP contribution < -0.4 is 9.64 Å². The Balaban J connectivity index is 2.52. The van der Waals surface area contributed by atoms with Crippen LogP contribution in [0.4, 0.5) is 5.69 Å². The zero-order valence-electron chi connectivity index (χ0n) is 6.88. The molecule has 1 aromatic rings. The van der Waals surface area contributed by atoms with E-state index in [9.17, 15) is 0 Å². The lowest BCUT2D eigenvalue weighted by atomic mass is 10.2. The maximum Gasteiger partial charge on any atom is 0.161 e. The molecule has 0 amide bonds. The molecule has 0 atom stereocenters. The van der Waals surface area contributed by atoms with Crippen molar-refractivity contribution in [2.75, 3.05) is 25.1 Å². The zero-order chi connectivity index (χ0) is 8.55. The lowest BCUT2D eigenvalue weighted by Crippen LogP contribution is -2.28. The lowest BCUT2D eigenvalue weighted by molar-refractivity contribution is 0.311. The number of halogens is 1. The molecule has 0 unspecified atom stereocenters. The summed E-state index contributed by atoms with van der Waals surface area (Å²) in [7, 11) is 2.04. The van der Waals surface area contributed by atoms with E-state index in [0.717, 1.165) is 18.0 Å². The molecule has 0 fully saturated rings. The minimum atomic E-state index is 0.694. The van der Waals surface area contributed by atoms with Gasteiger partial charge in [-0.2, -0.15) is 0 Å². The normalized spacial score (nSPS) is 15.3. The van der Waals surface area contributed by atoms with E-state index < -0.39 is 0 Å². The van der Waals surface area contributed by atoms with Crippen molar-refractivity contribution in [3.05, 3.63) is 23.2 Å². The minimum Gasteiger partial charge on any atom is -0.488 e. The Labute approximate surface area is 76.7 Å². The Morgan fingerprint density at radius 1 is 1.50 bits per heavy atom. The highest BCUT2D eigenvalue weighted by Crippen LogP contribution is 2.36. The molecule has 2 nitrogen and oxygen atoms in total. The van der Waals surface area contributed by atoms with Crippen LogP contribution in [0.25, 0.3) is 0 Å². The van der Waals surface area contributed by atoms with Gasteiger partial charge in [-0.25, -0.2) is 0 Å². The number of hydrogen-bond donors (Lipinski definition) is 0. The quantitative estimate of drug-likeness (QED) is 0.611. The number of benzene rings is 1. The molecular weight excluding hydrogens is 174 g/mol. The van der Waals surface area contributed by atoms with Crippen LogP contribution in [0, 0.1) is 0 Å². The van der Waals surface area contributed by atoms with Crippen LogP contribution in [0.3, 0.4) is 0 Å². The Bertz CT molecular complexity index is 301. The standard InChI is InChI=1S/C9H10ClNO/c1-11-5-6-12-9-7(10)3-2-4-8(9)11/h2-4H,5-6H2,1H3. The van der Waals surface area contributed by atoms with E-state index >= 15 is 0 Å². The fourth-order valence-corrected chi connectivity index (χ4v) is 1.57. The number of ether oxygens (including phenoxy) is 1. The second-order valence-corrected chi connectivity index (χ2v) is 3.27. The average molecular weight is 184 g/mol. The van der Waals surface area contributed by atoms with Crippen molar-refractivity contribution in [1.82, 2.24) is 0 Å². The maximum atomic E-state index is 5.96. The van der Waals surface area contributed by atoms with Gasteiger partial charge < -0.3 is 9.64 Å².